The minimum Gasteiger partial charge on any atom is -0.375 e. The monoisotopic (exact) mass is 317 g/mol. The number of nitrogens with zero attached hydrogens (tertiary/aromatic N) is 1. The summed E-state index contributed by atoms with van der Waals surface area (Å²) in [6.07, 6.45) is 0.927. The van der Waals surface area contributed by atoms with E-state index in [9.17, 15) is 0 Å². The molecule has 0 spiro atoms. The summed E-state index contributed by atoms with van der Waals surface area (Å²) in [4.78, 5) is 5.54. The molecule has 0 unspecified atom stereocenters. The number of nitrogens with two attached hydrogens (primary N) is 1. The van der Waals surface area contributed by atoms with Crippen LogP contribution in [0.25, 0.3) is 0 Å². The molecule has 0 saturated heterocycles. The van der Waals surface area contributed by atoms with E-state index in [0.717, 1.165) is 25.2 Å². The molecule has 0 radical (unpaired) electrons. The molecule has 2 aromatic rings. The quantitative estimate of drug-likeness (QED) is 0.834. The smallest absolute Gasteiger partial charge is 0.180 e. The largest absolute Gasteiger partial charge is 0.375 e. The SMILES string of the molecule is Nc1nc(CCNCc2sccc2Br)cs1. The maximum atomic E-state index is 5.56. The number of rotatable bonds is 5. The first-order chi connectivity index (χ1) is 7.75. The molecular formula is C10H12BrN3S2. The summed E-state index contributed by atoms with van der Waals surface area (Å²) < 4.78 is 1.18. The summed E-state index contributed by atoms with van der Waals surface area (Å²) >= 11 is 6.76. The van der Waals surface area contributed by atoms with Gasteiger partial charge in [-0.2, -0.15) is 0 Å². The van der Waals surface area contributed by atoms with Crippen molar-refractivity contribution in [1.29, 1.82) is 0 Å². The average Bonchev–Trinajstić information content (AvgIpc) is 2.83. The molecule has 0 amide bonds. The van der Waals surface area contributed by atoms with Gasteiger partial charge in [-0.1, -0.05) is 0 Å². The van der Waals surface area contributed by atoms with Crippen molar-refractivity contribution in [3.63, 3.8) is 0 Å². The van der Waals surface area contributed by atoms with Gasteiger partial charge in [0, 0.05) is 34.2 Å². The molecule has 0 aliphatic rings. The lowest BCUT2D eigenvalue weighted by Crippen LogP contribution is -2.16. The van der Waals surface area contributed by atoms with Gasteiger partial charge >= 0.3 is 0 Å². The number of halogens is 1. The van der Waals surface area contributed by atoms with E-state index in [-0.39, 0.29) is 0 Å². The third kappa shape index (κ3) is 3.28. The van der Waals surface area contributed by atoms with Gasteiger partial charge in [0.1, 0.15) is 0 Å². The molecule has 2 heterocycles. The number of hydrogen-bond acceptors (Lipinski definition) is 5. The number of aromatic nitrogens is 1. The predicted octanol–water partition coefficient (Wildman–Crippen LogP) is 2.88. The Hall–Kier alpha value is -0.430. The average molecular weight is 318 g/mol. The second kappa shape index (κ2) is 5.77. The van der Waals surface area contributed by atoms with Crippen LogP contribution in [-0.4, -0.2) is 11.5 Å². The Morgan fingerprint density at radius 2 is 2.31 bits per heavy atom. The molecule has 86 valence electrons. The standard InChI is InChI=1S/C10H12BrN3S2/c11-8-2-4-15-9(8)5-13-3-1-7-6-16-10(12)14-7/h2,4,6,13H,1,3,5H2,(H2,12,14). The first-order valence-corrected chi connectivity index (χ1v) is 7.43. The van der Waals surface area contributed by atoms with Crippen LogP contribution < -0.4 is 11.1 Å². The fraction of sp³-hybridized carbons (Fsp3) is 0.300. The molecule has 0 saturated carbocycles. The van der Waals surface area contributed by atoms with Crippen molar-refractivity contribution in [3.8, 4) is 0 Å². The van der Waals surface area contributed by atoms with E-state index in [1.54, 1.807) is 11.3 Å². The molecule has 2 aromatic heterocycles. The van der Waals surface area contributed by atoms with Crippen LogP contribution in [0.2, 0.25) is 0 Å². The third-order valence-electron chi connectivity index (χ3n) is 2.10. The van der Waals surface area contributed by atoms with E-state index in [1.807, 2.05) is 5.38 Å². The topological polar surface area (TPSA) is 50.9 Å². The molecule has 0 atom stereocenters. The Balaban J connectivity index is 1.71. The predicted molar refractivity (Wildman–Crippen MR) is 74.0 cm³/mol. The highest BCUT2D eigenvalue weighted by Crippen LogP contribution is 2.22. The fourth-order valence-electron chi connectivity index (χ4n) is 1.31. The normalized spacial score (nSPS) is 10.8. The Labute approximate surface area is 111 Å². The van der Waals surface area contributed by atoms with Crippen LogP contribution in [0, 0.1) is 0 Å². The Morgan fingerprint density at radius 3 is 2.94 bits per heavy atom. The summed E-state index contributed by atoms with van der Waals surface area (Å²) in [5.41, 5.74) is 6.63. The molecular weight excluding hydrogens is 306 g/mol. The first kappa shape index (κ1) is 12.0. The van der Waals surface area contributed by atoms with Crippen LogP contribution in [0.3, 0.4) is 0 Å². The van der Waals surface area contributed by atoms with Crippen molar-refractivity contribution in [2.45, 2.75) is 13.0 Å². The van der Waals surface area contributed by atoms with Gasteiger partial charge in [0.15, 0.2) is 5.13 Å². The summed E-state index contributed by atoms with van der Waals surface area (Å²) in [6, 6.07) is 2.07. The third-order valence-corrected chi connectivity index (χ3v) is 4.75. The maximum Gasteiger partial charge on any atom is 0.180 e. The Morgan fingerprint density at radius 1 is 1.44 bits per heavy atom. The molecule has 3 nitrogen and oxygen atoms in total. The van der Waals surface area contributed by atoms with E-state index in [0.29, 0.717) is 5.13 Å². The molecule has 6 heteroatoms. The number of thiazole rings is 1. The lowest BCUT2D eigenvalue weighted by molar-refractivity contribution is 0.687. The number of anilines is 1. The van der Waals surface area contributed by atoms with E-state index in [4.69, 9.17) is 5.73 Å². The molecule has 0 aliphatic heterocycles. The van der Waals surface area contributed by atoms with E-state index < -0.39 is 0 Å². The molecule has 0 aromatic carbocycles. The lowest BCUT2D eigenvalue weighted by Gasteiger charge is -2.01. The van der Waals surface area contributed by atoms with Gasteiger partial charge in [-0.15, -0.1) is 22.7 Å². The van der Waals surface area contributed by atoms with Crippen molar-refractivity contribution in [2.75, 3.05) is 12.3 Å². The molecule has 2 rings (SSSR count). The Bertz CT molecular complexity index is 452. The van der Waals surface area contributed by atoms with Gasteiger partial charge in [0.25, 0.3) is 0 Å². The van der Waals surface area contributed by atoms with Gasteiger partial charge in [-0.25, -0.2) is 4.98 Å². The minimum absolute atomic E-state index is 0.649. The molecule has 16 heavy (non-hydrogen) atoms. The van der Waals surface area contributed by atoms with Crippen LogP contribution >= 0.6 is 38.6 Å². The second-order valence-corrected chi connectivity index (χ2v) is 6.04. The van der Waals surface area contributed by atoms with Crippen molar-refractivity contribution in [2.24, 2.45) is 0 Å². The van der Waals surface area contributed by atoms with Gasteiger partial charge < -0.3 is 11.1 Å². The first-order valence-electron chi connectivity index (χ1n) is 4.88. The summed E-state index contributed by atoms with van der Waals surface area (Å²) in [5, 5.41) is 8.14. The van der Waals surface area contributed by atoms with Gasteiger partial charge in [0.2, 0.25) is 0 Å². The highest BCUT2D eigenvalue weighted by molar-refractivity contribution is 9.10. The second-order valence-electron chi connectivity index (χ2n) is 3.30. The number of hydrogen-bond donors (Lipinski definition) is 2. The molecule has 0 fully saturated rings. The van der Waals surface area contributed by atoms with Crippen molar-refractivity contribution < 1.29 is 0 Å². The van der Waals surface area contributed by atoms with Crippen LogP contribution in [0.15, 0.2) is 21.3 Å². The van der Waals surface area contributed by atoms with Gasteiger partial charge in [-0.05, 0) is 27.4 Å². The maximum absolute atomic E-state index is 5.56. The van der Waals surface area contributed by atoms with Gasteiger partial charge in [-0.3, -0.25) is 0 Å². The Kier molecular flexibility index (Phi) is 4.34. The van der Waals surface area contributed by atoms with E-state index in [1.165, 1.54) is 20.7 Å². The van der Waals surface area contributed by atoms with Crippen LogP contribution in [-0.2, 0) is 13.0 Å². The van der Waals surface area contributed by atoms with Crippen LogP contribution in [0.4, 0.5) is 5.13 Å². The zero-order valence-electron chi connectivity index (χ0n) is 8.57. The zero-order valence-corrected chi connectivity index (χ0v) is 11.8. The summed E-state index contributed by atoms with van der Waals surface area (Å²) in [6.45, 7) is 1.82. The minimum atomic E-state index is 0.649. The highest BCUT2D eigenvalue weighted by Gasteiger charge is 2.01. The van der Waals surface area contributed by atoms with Crippen LogP contribution in [0.5, 0.6) is 0 Å². The van der Waals surface area contributed by atoms with Crippen LogP contribution in [0.1, 0.15) is 10.6 Å². The molecule has 0 aliphatic carbocycles. The number of thiophene rings is 1. The number of nitrogen functional groups attached to an aromatic ring is 1. The van der Waals surface area contributed by atoms with Crippen molar-refractivity contribution >= 4 is 43.7 Å². The van der Waals surface area contributed by atoms with E-state index in [2.05, 4.69) is 37.7 Å². The fourth-order valence-corrected chi connectivity index (χ4v) is 3.37. The molecule has 0 bridgehead atoms. The lowest BCUT2D eigenvalue weighted by atomic mass is 10.3. The summed E-state index contributed by atoms with van der Waals surface area (Å²) in [7, 11) is 0. The van der Waals surface area contributed by atoms with Gasteiger partial charge in [0.05, 0.1) is 5.69 Å². The van der Waals surface area contributed by atoms with Crippen molar-refractivity contribution in [1.82, 2.24) is 10.3 Å². The highest BCUT2D eigenvalue weighted by atomic mass is 79.9. The molecule has 3 N–H and O–H groups in total. The number of nitrogens with one attached hydrogen (secondary N) is 1. The zero-order chi connectivity index (χ0) is 11.4. The van der Waals surface area contributed by atoms with Crippen molar-refractivity contribution in [3.05, 3.63) is 31.9 Å². The van der Waals surface area contributed by atoms with E-state index >= 15 is 0 Å². The summed E-state index contributed by atoms with van der Waals surface area (Å²) in [5.74, 6) is 0.